The molecular weight excluding hydrogens is 316 g/mol. The summed E-state index contributed by atoms with van der Waals surface area (Å²) in [6, 6.07) is 22.8. The summed E-state index contributed by atoms with van der Waals surface area (Å²) in [5.74, 6) is 1.25. The summed E-state index contributed by atoms with van der Waals surface area (Å²) in [7, 11) is 0. The van der Waals surface area contributed by atoms with Gasteiger partial charge in [-0.1, -0.05) is 18.2 Å². The van der Waals surface area contributed by atoms with Crippen LogP contribution in [-0.4, -0.2) is 17.2 Å². The van der Waals surface area contributed by atoms with E-state index in [0.717, 1.165) is 17.1 Å². The smallest absolute Gasteiger partial charge is 0.271 e. The first-order valence-corrected chi connectivity index (χ1v) is 7.66. The zero-order chi connectivity index (χ0) is 17.5. The molecule has 0 radical (unpaired) electrons. The van der Waals surface area contributed by atoms with E-state index in [4.69, 9.17) is 4.74 Å². The quantitative estimate of drug-likeness (QED) is 0.549. The number of hydrogen-bond acceptors (Lipinski definition) is 4. The molecule has 3 rings (SSSR count). The highest BCUT2D eigenvalue weighted by atomic mass is 16.5. The summed E-state index contributed by atoms with van der Waals surface area (Å²) >= 11 is 0. The maximum atomic E-state index is 11.9. The Balaban J connectivity index is 1.56. The molecule has 5 heteroatoms. The van der Waals surface area contributed by atoms with Crippen molar-refractivity contribution in [3.63, 3.8) is 0 Å². The second kappa shape index (κ2) is 7.79. The number of nitrogens with zero attached hydrogens (tertiary/aromatic N) is 1. The Morgan fingerprint density at radius 3 is 2.20 bits per heavy atom. The number of hydrazone groups is 1. The van der Waals surface area contributed by atoms with E-state index >= 15 is 0 Å². The van der Waals surface area contributed by atoms with Crippen LogP contribution in [0.5, 0.6) is 17.2 Å². The summed E-state index contributed by atoms with van der Waals surface area (Å²) in [6.07, 6.45) is 1.55. The van der Waals surface area contributed by atoms with Gasteiger partial charge in [0.05, 0.1) is 6.21 Å². The number of ether oxygens (including phenoxy) is 1. The molecule has 1 amide bonds. The van der Waals surface area contributed by atoms with Crippen LogP contribution in [0.1, 0.15) is 15.9 Å². The van der Waals surface area contributed by atoms with Crippen molar-refractivity contribution in [1.82, 2.24) is 5.43 Å². The zero-order valence-corrected chi connectivity index (χ0v) is 13.3. The number of amides is 1. The van der Waals surface area contributed by atoms with Crippen molar-refractivity contribution in [1.29, 1.82) is 0 Å². The molecule has 0 heterocycles. The first-order valence-electron chi connectivity index (χ1n) is 7.66. The van der Waals surface area contributed by atoms with Gasteiger partial charge in [-0.25, -0.2) is 5.43 Å². The molecule has 0 spiro atoms. The lowest BCUT2D eigenvalue weighted by Gasteiger charge is -2.05. The maximum Gasteiger partial charge on any atom is 0.271 e. The van der Waals surface area contributed by atoms with Crippen molar-refractivity contribution in [2.45, 2.75) is 0 Å². The van der Waals surface area contributed by atoms with E-state index < -0.39 is 0 Å². The summed E-state index contributed by atoms with van der Waals surface area (Å²) in [5.41, 5.74) is 3.68. The van der Waals surface area contributed by atoms with Crippen LogP contribution in [0.15, 0.2) is 84.0 Å². The zero-order valence-electron chi connectivity index (χ0n) is 13.3. The van der Waals surface area contributed by atoms with Gasteiger partial charge in [0.2, 0.25) is 0 Å². The molecule has 0 aliphatic heterocycles. The SMILES string of the molecule is O=C(N/N=C/c1ccc(Oc2ccccc2)cc1)c1ccc(O)cc1. The molecule has 0 aromatic heterocycles. The Morgan fingerprint density at radius 2 is 1.52 bits per heavy atom. The number of rotatable bonds is 5. The second-order valence-corrected chi connectivity index (χ2v) is 5.23. The number of phenolic OH excluding ortho intramolecular Hbond substituents is 1. The number of benzene rings is 3. The van der Waals surface area contributed by atoms with Gasteiger partial charge in [-0.2, -0.15) is 5.10 Å². The van der Waals surface area contributed by atoms with Crippen LogP contribution in [0.4, 0.5) is 0 Å². The molecule has 0 saturated carbocycles. The van der Waals surface area contributed by atoms with Gasteiger partial charge in [-0.05, 0) is 66.2 Å². The van der Waals surface area contributed by atoms with Crippen molar-refractivity contribution in [2.24, 2.45) is 5.10 Å². The standard InChI is InChI=1S/C20H16N2O3/c23-17-10-8-16(9-11-17)20(24)22-21-14-15-6-12-19(13-7-15)25-18-4-2-1-3-5-18/h1-14,23H,(H,22,24)/b21-14+. The summed E-state index contributed by atoms with van der Waals surface area (Å²) < 4.78 is 5.71. The van der Waals surface area contributed by atoms with E-state index in [1.807, 2.05) is 54.6 Å². The van der Waals surface area contributed by atoms with Crippen LogP contribution in [0.25, 0.3) is 0 Å². The van der Waals surface area contributed by atoms with E-state index in [0.29, 0.717) is 5.56 Å². The molecule has 3 aromatic carbocycles. The van der Waals surface area contributed by atoms with Gasteiger partial charge in [0.1, 0.15) is 17.2 Å². The highest BCUT2D eigenvalue weighted by Gasteiger charge is 2.03. The average molecular weight is 332 g/mol. The van der Waals surface area contributed by atoms with Crippen LogP contribution in [0.3, 0.4) is 0 Å². The minimum atomic E-state index is -0.347. The fraction of sp³-hybridized carbons (Fsp3) is 0. The number of para-hydroxylation sites is 1. The Bertz CT molecular complexity index is 858. The first-order chi connectivity index (χ1) is 12.2. The van der Waals surface area contributed by atoms with Crippen LogP contribution in [0.2, 0.25) is 0 Å². The first kappa shape index (κ1) is 16.3. The molecule has 25 heavy (non-hydrogen) atoms. The lowest BCUT2D eigenvalue weighted by Crippen LogP contribution is -2.17. The number of carbonyl (C=O) groups excluding carboxylic acids is 1. The molecule has 0 fully saturated rings. The Labute approximate surface area is 145 Å². The van der Waals surface area contributed by atoms with Crippen LogP contribution in [0, 0.1) is 0 Å². The number of hydrogen-bond donors (Lipinski definition) is 2. The Kier molecular flexibility index (Phi) is 5.07. The monoisotopic (exact) mass is 332 g/mol. The number of phenols is 1. The molecule has 2 N–H and O–H groups in total. The molecule has 0 bridgehead atoms. The van der Waals surface area contributed by atoms with Gasteiger partial charge in [0.15, 0.2) is 0 Å². The van der Waals surface area contributed by atoms with Gasteiger partial charge in [0, 0.05) is 5.56 Å². The molecule has 0 aliphatic rings. The van der Waals surface area contributed by atoms with E-state index in [-0.39, 0.29) is 11.7 Å². The Morgan fingerprint density at radius 1 is 0.880 bits per heavy atom. The maximum absolute atomic E-state index is 11.9. The normalized spacial score (nSPS) is 10.6. The molecule has 0 unspecified atom stereocenters. The van der Waals surface area contributed by atoms with Gasteiger partial charge in [0.25, 0.3) is 5.91 Å². The largest absolute Gasteiger partial charge is 0.508 e. The highest BCUT2D eigenvalue weighted by molar-refractivity contribution is 5.94. The minimum Gasteiger partial charge on any atom is -0.508 e. The summed E-state index contributed by atoms with van der Waals surface area (Å²) in [6.45, 7) is 0. The van der Waals surface area contributed by atoms with Gasteiger partial charge >= 0.3 is 0 Å². The third kappa shape index (κ3) is 4.68. The molecule has 124 valence electrons. The van der Waals surface area contributed by atoms with Crippen molar-refractivity contribution in [2.75, 3.05) is 0 Å². The second-order valence-electron chi connectivity index (χ2n) is 5.23. The van der Waals surface area contributed by atoms with Crippen molar-refractivity contribution in [3.05, 3.63) is 90.0 Å². The predicted molar refractivity (Wildman–Crippen MR) is 96.1 cm³/mol. The lowest BCUT2D eigenvalue weighted by molar-refractivity contribution is 0.0955. The fourth-order valence-electron chi connectivity index (χ4n) is 2.09. The number of carbonyl (C=O) groups is 1. The molecule has 5 nitrogen and oxygen atoms in total. The molecule has 0 atom stereocenters. The van der Waals surface area contributed by atoms with Gasteiger partial charge < -0.3 is 9.84 Å². The lowest BCUT2D eigenvalue weighted by atomic mass is 10.2. The van der Waals surface area contributed by atoms with Crippen LogP contribution in [-0.2, 0) is 0 Å². The van der Waals surface area contributed by atoms with Crippen molar-refractivity contribution < 1.29 is 14.6 Å². The van der Waals surface area contributed by atoms with Gasteiger partial charge in [-0.15, -0.1) is 0 Å². The van der Waals surface area contributed by atoms with Gasteiger partial charge in [-0.3, -0.25) is 4.79 Å². The molecule has 0 aliphatic carbocycles. The minimum absolute atomic E-state index is 0.109. The number of aromatic hydroxyl groups is 1. The molecule has 3 aromatic rings. The molecular formula is C20H16N2O3. The third-order valence-electron chi connectivity index (χ3n) is 3.37. The van der Waals surface area contributed by atoms with E-state index in [1.54, 1.807) is 6.21 Å². The van der Waals surface area contributed by atoms with E-state index in [1.165, 1.54) is 24.3 Å². The van der Waals surface area contributed by atoms with Crippen molar-refractivity contribution in [3.8, 4) is 17.2 Å². The fourth-order valence-corrected chi connectivity index (χ4v) is 2.09. The summed E-state index contributed by atoms with van der Waals surface area (Å²) in [5, 5.41) is 13.1. The van der Waals surface area contributed by atoms with Crippen LogP contribution < -0.4 is 10.2 Å². The highest BCUT2D eigenvalue weighted by Crippen LogP contribution is 2.20. The number of nitrogens with one attached hydrogen (secondary N) is 1. The van der Waals surface area contributed by atoms with Crippen molar-refractivity contribution >= 4 is 12.1 Å². The average Bonchev–Trinajstić information content (AvgIpc) is 2.64. The predicted octanol–water partition coefficient (Wildman–Crippen LogP) is 3.95. The third-order valence-corrected chi connectivity index (χ3v) is 3.37. The molecule has 0 saturated heterocycles. The summed E-state index contributed by atoms with van der Waals surface area (Å²) in [4.78, 5) is 11.9. The topological polar surface area (TPSA) is 70.9 Å². The van der Waals surface area contributed by atoms with E-state index in [2.05, 4.69) is 10.5 Å². The van der Waals surface area contributed by atoms with E-state index in [9.17, 15) is 9.90 Å². The Hall–Kier alpha value is -3.60. The van der Waals surface area contributed by atoms with Crippen LogP contribution >= 0.6 is 0 Å².